The number of alkyl halides is 3. The van der Waals surface area contributed by atoms with Gasteiger partial charge in [0.1, 0.15) is 5.69 Å². The van der Waals surface area contributed by atoms with Crippen molar-refractivity contribution >= 4 is 19.0 Å². The number of nitrogens with one attached hydrogen (secondary N) is 1. The van der Waals surface area contributed by atoms with Gasteiger partial charge in [0.2, 0.25) is 0 Å². The van der Waals surface area contributed by atoms with Crippen LogP contribution in [0.4, 0.5) is 24.5 Å². The Kier molecular flexibility index (Phi) is 4.74. The van der Waals surface area contributed by atoms with Crippen molar-refractivity contribution in [3.8, 4) is 0 Å². The largest absolute Gasteiger partial charge is 0.416 e. The molecule has 3 N–H and O–H groups in total. The SMILES string of the molecule is O=[N+]([O-])c1cc(C(F)(F)F)ccc1NCCP(=O)(O)O. The molecule has 0 amide bonds. The van der Waals surface area contributed by atoms with Crippen LogP contribution in [-0.4, -0.2) is 27.4 Å². The van der Waals surface area contributed by atoms with E-state index in [4.69, 9.17) is 9.79 Å². The number of nitro groups is 1. The summed E-state index contributed by atoms with van der Waals surface area (Å²) in [6.45, 7) is -0.309. The molecule has 0 aliphatic rings. The van der Waals surface area contributed by atoms with Gasteiger partial charge in [-0.1, -0.05) is 0 Å². The number of hydrogen-bond donors (Lipinski definition) is 3. The first-order valence-corrected chi connectivity index (χ1v) is 6.94. The molecule has 20 heavy (non-hydrogen) atoms. The van der Waals surface area contributed by atoms with Gasteiger partial charge in [0, 0.05) is 12.6 Å². The molecule has 0 spiro atoms. The quantitative estimate of drug-likeness (QED) is 0.436. The van der Waals surface area contributed by atoms with Crippen LogP contribution in [0.1, 0.15) is 5.56 Å². The molecule has 7 nitrogen and oxygen atoms in total. The molecule has 1 aromatic rings. The molecule has 0 aliphatic heterocycles. The molecule has 0 fully saturated rings. The lowest BCUT2D eigenvalue weighted by molar-refractivity contribution is -0.384. The Morgan fingerprint density at radius 2 is 1.95 bits per heavy atom. The zero-order valence-electron chi connectivity index (χ0n) is 9.79. The highest BCUT2D eigenvalue weighted by Crippen LogP contribution is 2.36. The monoisotopic (exact) mass is 314 g/mol. The smallest absolute Gasteiger partial charge is 0.379 e. The molecule has 0 aliphatic carbocycles. The molecule has 0 saturated heterocycles. The second-order valence-electron chi connectivity index (χ2n) is 3.80. The van der Waals surface area contributed by atoms with Gasteiger partial charge in [-0.2, -0.15) is 13.2 Å². The number of rotatable bonds is 5. The molecule has 0 unspecified atom stereocenters. The maximum atomic E-state index is 12.4. The van der Waals surface area contributed by atoms with E-state index in [1.165, 1.54) is 0 Å². The maximum Gasteiger partial charge on any atom is 0.416 e. The van der Waals surface area contributed by atoms with E-state index < -0.39 is 36.1 Å². The number of nitrogens with zero attached hydrogens (tertiary/aromatic N) is 1. The van der Waals surface area contributed by atoms with Gasteiger partial charge in [-0.05, 0) is 12.1 Å². The Morgan fingerprint density at radius 3 is 2.40 bits per heavy atom. The third kappa shape index (κ3) is 4.80. The second kappa shape index (κ2) is 5.78. The summed E-state index contributed by atoms with van der Waals surface area (Å²) in [7, 11) is -4.29. The second-order valence-corrected chi connectivity index (χ2v) is 5.58. The van der Waals surface area contributed by atoms with Gasteiger partial charge in [-0.25, -0.2) is 0 Å². The van der Waals surface area contributed by atoms with Crippen LogP contribution in [0.25, 0.3) is 0 Å². The minimum Gasteiger partial charge on any atom is -0.379 e. The van der Waals surface area contributed by atoms with Crippen molar-refractivity contribution in [2.75, 3.05) is 18.0 Å². The first kappa shape index (κ1) is 16.4. The molecule has 0 atom stereocenters. The number of nitro benzene ring substituents is 1. The van der Waals surface area contributed by atoms with Crippen molar-refractivity contribution in [3.63, 3.8) is 0 Å². The molecule has 11 heteroatoms. The number of hydrogen-bond acceptors (Lipinski definition) is 4. The van der Waals surface area contributed by atoms with Crippen molar-refractivity contribution in [3.05, 3.63) is 33.9 Å². The highest BCUT2D eigenvalue weighted by Gasteiger charge is 2.33. The van der Waals surface area contributed by atoms with Crippen molar-refractivity contribution in [2.45, 2.75) is 6.18 Å². The molecule has 1 rings (SSSR count). The Morgan fingerprint density at radius 1 is 1.35 bits per heavy atom. The third-order valence-electron chi connectivity index (χ3n) is 2.24. The van der Waals surface area contributed by atoms with Crippen molar-refractivity contribution in [2.24, 2.45) is 0 Å². The molecule has 0 bridgehead atoms. The molecular formula is C9H10F3N2O5P. The lowest BCUT2D eigenvalue weighted by Crippen LogP contribution is -2.10. The summed E-state index contributed by atoms with van der Waals surface area (Å²) < 4.78 is 47.9. The van der Waals surface area contributed by atoms with Crippen molar-refractivity contribution < 1.29 is 32.4 Å². The van der Waals surface area contributed by atoms with Crippen LogP contribution in [-0.2, 0) is 10.7 Å². The fourth-order valence-corrected chi connectivity index (χ4v) is 1.75. The molecule has 0 heterocycles. The van der Waals surface area contributed by atoms with Crippen LogP contribution in [0.5, 0.6) is 0 Å². The van der Waals surface area contributed by atoms with Gasteiger partial charge in [-0.3, -0.25) is 14.7 Å². The average Bonchev–Trinajstić information content (AvgIpc) is 2.25. The van der Waals surface area contributed by atoms with E-state index in [0.29, 0.717) is 12.1 Å². The predicted molar refractivity (Wildman–Crippen MR) is 63.5 cm³/mol. The minimum atomic E-state index is -4.71. The van der Waals surface area contributed by atoms with Crippen LogP contribution >= 0.6 is 7.60 Å². The highest BCUT2D eigenvalue weighted by atomic mass is 31.2. The predicted octanol–water partition coefficient (Wildman–Crippen LogP) is 2.20. The number of halogens is 3. The molecule has 0 saturated carbocycles. The van der Waals surface area contributed by atoms with E-state index in [1.807, 2.05) is 0 Å². The fourth-order valence-electron chi connectivity index (χ4n) is 1.34. The molecular weight excluding hydrogens is 304 g/mol. The fraction of sp³-hybridized carbons (Fsp3) is 0.333. The van der Waals surface area contributed by atoms with E-state index >= 15 is 0 Å². The topological polar surface area (TPSA) is 113 Å². The van der Waals surface area contributed by atoms with Crippen LogP contribution in [0.3, 0.4) is 0 Å². The number of benzene rings is 1. The summed E-state index contributed by atoms with van der Waals surface area (Å²) in [5, 5.41) is 13.0. The first-order chi connectivity index (χ1) is 9.00. The Labute approximate surface area is 110 Å². The number of anilines is 1. The summed E-state index contributed by atoms with van der Waals surface area (Å²) in [5.74, 6) is 0. The molecule has 0 aromatic heterocycles. The Bertz CT molecular complexity index is 557. The Hall–Kier alpha value is -1.64. The summed E-state index contributed by atoms with van der Waals surface area (Å²) >= 11 is 0. The van der Waals surface area contributed by atoms with Gasteiger partial charge in [0.15, 0.2) is 0 Å². The highest BCUT2D eigenvalue weighted by molar-refractivity contribution is 7.51. The van der Waals surface area contributed by atoms with E-state index in [0.717, 1.165) is 6.07 Å². The molecule has 1 aromatic carbocycles. The molecule has 0 radical (unpaired) electrons. The zero-order chi connectivity index (χ0) is 15.6. The van der Waals surface area contributed by atoms with E-state index in [9.17, 15) is 27.9 Å². The van der Waals surface area contributed by atoms with Crippen LogP contribution < -0.4 is 5.32 Å². The summed E-state index contributed by atoms with van der Waals surface area (Å²) in [6, 6.07) is 1.85. The standard InChI is InChI=1S/C9H10F3N2O5P/c10-9(11,12)6-1-2-7(8(5-6)14(15)16)13-3-4-20(17,18)19/h1-2,5,13H,3-4H2,(H2,17,18,19). The van der Waals surface area contributed by atoms with Crippen LogP contribution in [0.15, 0.2) is 18.2 Å². The van der Waals surface area contributed by atoms with Gasteiger partial charge >= 0.3 is 13.8 Å². The first-order valence-electron chi connectivity index (χ1n) is 5.15. The third-order valence-corrected chi connectivity index (χ3v) is 3.05. The lowest BCUT2D eigenvalue weighted by Gasteiger charge is -2.10. The van der Waals surface area contributed by atoms with Gasteiger partial charge in [0.05, 0.1) is 16.6 Å². The molecule has 112 valence electrons. The summed E-state index contributed by atoms with van der Waals surface area (Å²) in [5.41, 5.74) is -2.23. The summed E-state index contributed by atoms with van der Waals surface area (Å²) in [6.07, 6.45) is -5.31. The Balaban J connectivity index is 2.97. The van der Waals surface area contributed by atoms with E-state index in [-0.39, 0.29) is 12.2 Å². The van der Waals surface area contributed by atoms with Crippen molar-refractivity contribution in [1.29, 1.82) is 0 Å². The zero-order valence-corrected chi connectivity index (χ0v) is 10.7. The van der Waals surface area contributed by atoms with Crippen LogP contribution in [0, 0.1) is 10.1 Å². The average molecular weight is 314 g/mol. The van der Waals surface area contributed by atoms with Crippen molar-refractivity contribution in [1.82, 2.24) is 0 Å². The summed E-state index contributed by atoms with van der Waals surface area (Å²) in [4.78, 5) is 26.9. The van der Waals surface area contributed by atoms with E-state index in [2.05, 4.69) is 5.32 Å². The normalized spacial score (nSPS) is 12.2. The lowest BCUT2D eigenvalue weighted by atomic mass is 10.1. The van der Waals surface area contributed by atoms with Gasteiger partial charge in [0.25, 0.3) is 5.69 Å². The maximum absolute atomic E-state index is 12.4. The van der Waals surface area contributed by atoms with Gasteiger partial charge in [-0.15, -0.1) is 0 Å². The van der Waals surface area contributed by atoms with E-state index in [1.54, 1.807) is 0 Å². The minimum absolute atomic E-state index is 0.239. The van der Waals surface area contributed by atoms with Gasteiger partial charge < -0.3 is 15.1 Å². The van der Waals surface area contributed by atoms with Crippen LogP contribution in [0.2, 0.25) is 0 Å².